The summed E-state index contributed by atoms with van der Waals surface area (Å²) in [4.78, 5) is 24.4. The number of carbonyl (C=O) groups is 2. The van der Waals surface area contributed by atoms with Gasteiger partial charge in [0.05, 0.1) is 5.02 Å². The van der Waals surface area contributed by atoms with Crippen LogP contribution in [0.4, 0.5) is 21.9 Å². The number of urea groups is 1. The molecular weight excluding hydrogens is 418 g/mol. The van der Waals surface area contributed by atoms with Gasteiger partial charge in [-0.3, -0.25) is 4.79 Å². The molecule has 0 atom stereocenters. The van der Waals surface area contributed by atoms with Crippen LogP contribution in [-0.2, 0) is 4.79 Å². The van der Waals surface area contributed by atoms with Crippen molar-refractivity contribution in [2.24, 2.45) is 0 Å². The van der Waals surface area contributed by atoms with Crippen molar-refractivity contribution >= 4 is 46.7 Å². The Hall–Kier alpha value is -3.97. The predicted molar refractivity (Wildman–Crippen MR) is 121 cm³/mol. The second-order valence-corrected chi connectivity index (χ2v) is 6.99. The zero-order valence-corrected chi connectivity index (χ0v) is 17.0. The first-order valence-corrected chi connectivity index (χ1v) is 9.76. The zero-order chi connectivity index (χ0) is 21.6. The molecule has 3 N–H and O–H groups in total. The Kier molecular flexibility index (Phi) is 6.05. The Balaban J connectivity index is 1.36. The monoisotopic (exact) mass is 435 g/mol. The standard InChI is InChI=1S/C23H18ClN3O4/c24-19-11-15(12-20-22(19)31-14-30-20)9-10-21(28)25-17-7-4-8-18(13-17)27-23(29)26-16-5-2-1-3-6-16/h1-13H,14H2,(H,25,28)(H2,26,27,29)/b10-9+. The van der Waals surface area contributed by atoms with Crippen molar-refractivity contribution in [3.05, 3.63) is 83.4 Å². The number of ether oxygens (including phenoxy) is 2. The number of para-hydroxylation sites is 1. The molecule has 0 aliphatic carbocycles. The first kappa shape index (κ1) is 20.3. The maximum Gasteiger partial charge on any atom is 0.323 e. The Labute approximate surface area is 183 Å². The molecule has 1 heterocycles. The summed E-state index contributed by atoms with van der Waals surface area (Å²) in [5, 5.41) is 8.64. The first-order chi connectivity index (χ1) is 15.1. The third kappa shape index (κ3) is 5.34. The molecule has 3 aromatic carbocycles. The van der Waals surface area contributed by atoms with Gasteiger partial charge in [-0.15, -0.1) is 0 Å². The second-order valence-electron chi connectivity index (χ2n) is 6.59. The molecule has 0 aromatic heterocycles. The van der Waals surface area contributed by atoms with Crippen LogP contribution in [0.1, 0.15) is 5.56 Å². The van der Waals surface area contributed by atoms with Crippen LogP contribution in [0.5, 0.6) is 11.5 Å². The maximum atomic E-state index is 12.3. The number of halogens is 1. The van der Waals surface area contributed by atoms with Gasteiger partial charge in [-0.05, 0) is 54.1 Å². The first-order valence-electron chi connectivity index (χ1n) is 9.38. The largest absolute Gasteiger partial charge is 0.454 e. The van der Waals surface area contributed by atoms with Gasteiger partial charge in [-0.2, -0.15) is 0 Å². The molecule has 31 heavy (non-hydrogen) atoms. The molecule has 8 heteroatoms. The zero-order valence-electron chi connectivity index (χ0n) is 16.2. The van der Waals surface area contributed by atoms with Crippen molar-refractivity contribution in [3.8, 4) is 11.5 Å². The molecule has 0 unspecified atom stereocenters. The molecule has 1 aliphatic heterocycles. The Morgan fingerprint density at radius 1 is 0.839 bits per heavy atom. The summed E-state index contributed by atoms with van der Waals surface area (Å²) in [6.45, 7) is 0.121. The molecule has 0 bridgehead atoms. The molecule has 0 radical (unpaired) electrons. The van der Waals surface area contributed by atoms with E-state index in [2.05, 4.69) is 16.0 Å². The summed E-state index contributed by atoms with van der Waals surface area (Å²) in [7, 11) is 0. The summed E-state index contributed by atoms with van der Waals surface area (Å²) in [6.07, 6.45) is 3.01. The van der Waals surface area contributed by atoms with Crippen LogP contribution in [0.25, 0.3) is 6.08 Å². The SMILES string of the molecule is O=C(/C=C/c1cc(Cl)c2c(c1)OCO2)Nc1cccc(NC(=O)Nc2ccccc2)c1. The lowest BCUT2D eigenvalue weighted by atomic mass is 10.2. The number of benzene rings is 3. The molecule has 1 aliphatic rings. The smallest absolute Gasteiger partial charge is 0.323 e. The van der Waals surface area contributed by atoms with E-state index in [1.807, 2.05) is 18.2 Å². The Morgan fingerprint density at radius 2 is 1.55 bits per heavy atom. The van der Waals surface area contributed by atoms with Gasteiger partial charge in [-0.25, -0.2) is 4.79 Å². The number of anilines is 3. The van der Waals surface area contributed by atoms with Crippen LogP contribution >= 0.6 is 11.6 Å². The van der Waals surface area contributed by atoms with E-state index in [9.17, 15) is 9.59 Å². The summed E-state index contributed by atoms with van der Waals surface area (Å²) < 4.78 is 10.6. The van der Waals surface area contributed by atoms with Gasteiger partial charge >= 0.3 is 6.03 Å². The maximum absolute atomic E-state index is 12.3. The lowest BCUT2D eigenvalue weighted by molar-refractivity contribution is -0.111. The van der Waals surface area contributed by atoms with Gasteiger partial charge in [0.25, 0.3) is 0 Å². The fraction of sp³-hybridized carbons (Fsp3) is 0.0435. The summed E-state index contributed by atoms with van der Waals surface area (Å²) in [5.74, 6) is 0.712. The minimum Gasteiger partial charge on any atom is -0.454 e. The highest BCUT2D eigenvalue weighted by atomic mass is 35.5. The highest BCUT2D eigenvalue weighted by Gasteiger charge is 2.17. The highest BCUT2D eigenvalue weighted by Crippen LogP contribution is 2.40. The fourth-order valence-corrected chi connectivity index (χ4v) is 3.20. The number of fused-ring (bicyclic) bond motifs is 1. The van der Waals surface area contributed by atoms with Crippen molar-refractivity contribution in [1.29, 1.82) is 0 Å². The van der Waals surface area contributed by atoms with Crippen molar-refractivity contribution in [2.75, 3.05) is 22.7 Å². The number of amides is 3. The van der Waals surface area contributed by atoms with Crippen LogP contribution in [0.2, 0.25) is 5.02 Å². The number of hydrogen-bond donors (Lipinski definition) is 3. The molecule has 0 saturated heterocycles. The Morgan fingerprint density at radius 3 is 2.35 bits per heavy atom. The number of hydrogen-bond acceptors (Lipinski definition) is 4. The van der Waals surface area contributed by atoms with Gasteiger partial charge in [-0.1, -0.05) is 35.9 Å². The average molecular weight is 436 g/mol. The molecule has 0 saturated carbocycles. The van der Waals surface area contributed by atoms with Crippen molar-refractivity contribution < 1.29 is 19.1 Å². The van der Waals surface area contributed by atoms with Gasteiger partial charge in [0.1, 0.15) is 0 Å². The van der Waals surface area contributed by atoms with Crippen molar-refractivity contribution in [1.82, 2.24) is 0 Å². The number of carbonyl (C=O) groups excluding carboxylic acids is 2. The van der Waals surface area contributed by atoms with Gasteiger partial charge in [0.2, 0.25) is 12.7 Å². The van der Waals surface area contributed by atoms with Crippen LogP contribution in [0.15, 0.2) is 72.8 Å². The summed E-state index contributed by atoms with van der Waals surface area (Å²) in [5.41, 5.74) is 2.46. The van der Waals surface area contributed by atoms with E-state index in [-0.39, 0.29) is 18.7 Å². The molecule has 4 rings (SSSR count). The molecule has 0 fully saturated rings. The van der Waals surface area contributed by atoms with Crippen LogP contribution in [0.3, 0.4) is 0 Å². The minimum atomic E-state index is -0.380. The van der Waals surface area contributed by atoms with Crippen molar-refractivity contribution in [2.45, 2.75) is 0 Å². The van der Waals surface area contributed by atoms with Gasteiger partial charge in [0, 0.05) is 23.1 Å². The minimum absolute atomic E-state index is 0.121. The quantitative estimate of drug-likeness (QED) is 0.470. The lowest BCUT2D eigenvalue weighted by Crippen LogP contribution is -2.19. The normalized spacial score (nSPS) is 11.9. The van der Waals surface area contributed by atoms with E-state index in [1.54, 1.807) is 54.6 Å². The lowest BCUT2D eigenvalue weighted by Gasteiger charge is -2.09. The van der Waals surface area contributed by atoms with Gasteiger partial charge in [0.15, 0.2) is 11.5 Å². The highest BCUT2D eigenvalue weighted by molar-refractivity contribution is 6.32. The van der Waals surface area contributed by atoms with Gasteiger partial charge < -0.3 is 25.4 Å². The predicted octanol–water partition coefficient (Wildman–Crippen LogP) is 5.36. The Bertz CT molecular complexity index is 1150. The van der Waals surface area contributed by atoms with E-state index < -0.39 is 0 Å². The molecule has 7 nitrogen and oxygen atoms in total. The molecule has 3 aromatic rings. The van der Waals surface area contributed by atoms with E-state index in [4.69, 9.17) is 21.1 Å². The van der Waals surface area contributed by atoms with Crippen LogP contribution in [-0.4, -0.2) is 18.7 Å². The van der Waals surface area contributed by atoms with E-state index >= 15 is 0 Å². The molecule has 3 amide bonds. The number of rotatable bonds is 5. The molecular formula is C23H18ClN3O4. The van der Waals surface area contributed by atoms with E-state index in [1.165, 1.54) is 6.08 Å². The summed E-state index contributed by atoms with van der Waals surface area (Å²) in [6, 6.07) is 19.0. The van der Waals surface area contributed by atoms with E-state index in [0.717, 1.165) is 0 Å². The van der Waals surface area contributed by atoms with Crippen LogP contribution in [0, 0.1) is 0 Å². The van der Waals surface area contributed by atoms with Crippen LogP contribution < -0.4 is 25.4 Å². The topological polar surface area (TPSA) is 88.7 Å². The third-order valence-corrected chi connectivity index (χ3v) is 4.58. The average Bonchev–Trinajstić information content (AvgIpc) is 3.22. The summed E-state index contributed by atoms with van der Waals surface area (Å²) >= 11 is 6.15. The molecule has 0 spiro atoms. The molecule has 156 valence electrons. The van der Waals surface area contributed by atoms with Crippen molar-refractivity contribution in [3.63, 3.8) is 0 Å². The second kappa shape index (κ2) is 9.23. The van der Waals surface area contributed by atoms with E-state index in [0.29, 0.717) is 39.1 Å². The fourth-order valence-electron chi connectivity index (χ4n) is 2.93. The third-order valence-electron chi connectivity index (χ3n) is 4.30. The number of nitrogens with one attached hydrogen (secondary N) is 3.